The van der Waals surface area contributed by atoms with E-state index >= 15 is 0 Å². The van der Waals surface area contributed by atoms with Gasteiger partial charge in [0.2, 0.25) is 0 Å². The number of benzene rings is 1. The Kier molecular flexibility index (Phi) is 2.85. The van der Waals surface area contributed by atoms with Crippen molar-refractivity contribution < 1.29 is 20.1 Å². The molecule has 2 aromatic heterocycles. The molecular formula is C11H6IrNSe-. The van der Waals surface area contributed by atoms with Gasteiger partial charge in [0.05, 0.1) is 0 Å². The van der Waals surface area contributed by atoms with E-state index in [-0.39, 0.29) is 20.1 Å². The predicted octanol–water partition coefficient (Wildman–Crippen LogP) is 2.24. The van der Waals surface area contributed by atoms with E-state index in [0.29, 0.717) is 14.5 Å². The zero-order valence-corrected chi connectivity index (χ0v) is 11.3. The molecule has 0 saturated carbocycles. The van der Waals surface area contributed by atoms with Crippen LogP contribution in [0.2, 0.25) is 0 Å². The van der Waals surface area contributed by atoms with Crippen LogP contribution in [0.5, 0.6) is 0 Å². The molecule has 3 heteroatoms. The van der Waals surface area contributed by atoms with E-state index in [2.05, 4.69) is 23.2 Å². The van der Waals surface area contributed by atoms with Crippen molar-refractivity contribution in [2.75, 3.05) is 0 Å². The monoisotopic (exact) mass is 425 g/mol. The Hall–Kier alpha value is -0.461. The van der Waals surface area contributed by atoms with Crippen LogP contribution in [0, 0.1) is 6.07 Å². The van der Waals surface area contributed by atoms with Gasteiger partial charge in [-0.15, -0.1) is 0 Å². The summed E-state index contributed by atoms with van der Waals surface area (Å²) in [6.45, 7) is 0. The van der Waals surface area contributed by atoms with Crippen molar-refractivity contribution in [3.63, 3.8) is 0 Å². The van der Waals surface area contributed by atoms with Gasteiger partial charge in [0.1, 0.15) is 0 Å². The van der Waals surface area contributed by atoms with Crippen LogP contribution in [0.4, 0.5) is 0 Å². The second-order valence-corrected chi connectivity index (χ2v) is 5.14. The Morgan fingerprint density at radius 1 is 1.14 bits per heavy atom. The average Bonchev–Trinajstić information content (AvgIpc) is 2.56. The molecule has 0 spiro atoms. The van der Waals surface area contributed by atoms with Crippen LogP contribution < -0.4 is 0 Å². The maximum atomic E-state index is 4.38. The van der Waals surface area contributed by atoms with E-state index in [1.165, 1.54) is 13.9 Å². The van der Waals surface area contributed by atoms with Gasteiger partial charge in [0.25, 0.3) is 0 Å². The topological polar surface area (TPSA) is 12.9 Å². The molecule has 0 N–H and O–H groups in total. The van der Waals surface area contributed by atoms with Gasteiger partial charge in [0, 0.05) is 20.1 Å². The number of rotatable bonds is 0. The third-order valence-corrected chi connectivity index (χ3v) is 4.37. The summed E-state index contributed by atoms with van der Waals surface area (Å²) in [6.07, 6.45) is 1.85. The zero-order valence-electron chi connectivity index (χ0n) is 7.15. The minimum absolute atomic E-state index is 0. The standard InChI is InChI=1S/C11H6NSe.Ir/c1-2-5-9-8(4-1)11-10(13-9)6-3-7-12-11;/h1-3,5-7H;/q-1;. The van der Waals surface area contributed by atoms with Crippen LogP contribution in [0.15, 0.2) is 36.5 Å². The summed E-state index contributed by atoms with van der Waals surface area (Å²) >= 11 is 0.441. The number of hydrogen-bond donors (Lipinski definition) is 0. The van der Waals surface area contributed by atoms with Crippen molar-refractivity contribution in [1.29, 1.82) is 0 Å². The molecule has 0 amide bonds. The first-order chi connectivity index (χ1) is 6.45. The summed E-state index contributed by atoms with van der Waals surface area (Å²) < 4.78 is 2.79. The summed E-state index contributed by atoms with van der Waals surface area (Å²) in [6, 6.07) is 13.6. The van der Waals surface area contributed by atoms with Gasteiger partial charge in [-0.05, 0) is 0 Å². The van der Waals surface area contributed by atoms with Crippen LogP contribution in [0.1, 0.15) is 0 Å². The molecule has 0 aliphatic carbocycles. The summed E-state index contributed by atoms with van der Waals surface area (Å²) in [5, 5.41) is 1.21. The fourth-order valence-corrected chi connectivity index (χ4v) is 3.65. The van der Waals surface area contributed by atoms with E-state index < -0.39 is 0 Å². The van der Waals surface area contributed by atoms with E-state index in [4.69, 9.17) is 0 Å². The second-order valence-electron chi connectivity index (χ2n) is 2.86. The molecule has 1 radical (unpaired) electrons. The van der Waals surface area contributed by atoms with Gasteiger partial charge in [-0.1, -0.05) is 0 Å². The van der Waals surface area contributed by atoms with E-state index in [1.807, 2.05) is 24.4 Å². The summed E-state index contributed by atoms with van der Waals surface area (Å²) in [5.41, 5.74) is 1.14. The number of aromatic nitrogens is 1. The molecule has 2 heterocycles. The van der Waals surface area contributed by atoms with E-state index in [0.717, 1.165) is 5.52 Å². The fraction of sp³-hybridized carbons (Fsp3) is 0. The Balaban J connectivity index is 0.000000750. The average molecular weight is 423 g/mol. The van der Waals surface area contributed by atoms with Gasteiger partial charge < -0.3 is 0 Å². The summed E-state index contributed by atoms with van der Waals surface area (Å²) in [7, 11) is 0. The molecular weight excluding hydrogens is 417 g/mol. The van der Waals surface area contributed by atoms with Crippen molar-refractivity contribution in [1.82, 2.24) is 4.98 Å². The Morgan fingerprint density at radius 2 is 2.00 bits per heavy atom. The molecule has 0 aliphatic rings. The normalized spacial score (nSPS) is 10.3. The van der Waals surface area contributed by atoms with Crippen molar-refractivity contribution in [3.8, 4) is 0 Å². The molecule has 0 saturated heterocycles. The van der Waals surface area contributed by atoms with E-state index in [1.54, 1.807) is 0 Å². The first-order valence-electron chi connectivity index (χ1n) is 4.09. The third kappa shape index (κ3) is 1.47. The van der Waals surface area contributed by atoms with Crippen LogP contribution in [-0.4, -0.2) is 19.5 Å². The molecule has 0 bridgehead atoms. The molecule has 1 aromatic carbocycles. The van der Waals surface area contributed by atoms with Gasteiger partial charge in [0.15, 0.2) is 0 Å². The third-order valence-electron chi connectivity index (χ3n) is 2.05. The Labute approximate surface area is 101 Å². The van der Waals surface area contributed by atoms with E-state index in [9.17, 15) is 0 Å². The molecule has 0 unspecified atom stereocenters. The molecule has 14 heavy (non-hydrogen) atoms. The fourth-order valence-electron chi connectivity index (χ4n) is 1.47. The number of fused-ring (bicyclic) bond motifs is 3. The first kappa shape index (κ1) is 10.1. The summed E-state index contributed by atoms with van der Waals surface area (Å²) in [4.78, 5) is 4.38. The molecule has 3 rings (SSSR count). The first-order valence-corrected chi connectivity index (χ1v) is 5.80. The molecule has 1 nitrogen and oxygen atoms in total. The Morgan fingerprint density at radius 3 is 2.93 bits per heavy atom. The van der Waals surface area contributed by atoms with Crippen LogP contribution in [-0.2, 0) is 20.1 Å². The van der Waals surface area contributed by atoms with Crippen molar-refractivity contribution >= 4 is 33.9 Å². The van der Waals surface area contributed by atoms with Crippen molar-refractivity contribution in [2.24, 2.45) is 0 Å². The minimum atomic E-state index is 0. The van der Waals surface area contributed by atoms with Crippen LogP contribution in [0.3, 0.4) is 0 Å². The molecule has 3 aromatic rings. The quantitative estimate of drug-likeness (QED) is 0.399. The number of pyridine rings is 1. The number of hydrogen-bond acceptors (Lipinski definition) is 1. The summed E-state index contributed by atoms with van der Waals surface area (Å²) in [5.74, 6) is 0. The van der Waals surface area contributed by atoms with Crippen molar-refractivity contribution in [3.05, 3.63) is 42.6 Å². The zero-order chi connectivity index (χ0) is 8.67. The Bertz CT molecular complexity index is 523. The molecule has 0 fully saturated rings. The van der Waals surface area contributed by atoms with Crippen LogP contribution >= 0.6 is 0 Å². The molecule has 71 valence electrons. The van der Waals surface area contributed by atoms with Gasteiger partial charge in [-0.25, -0.2) is 0 Å². The maximum absolute atomic E-state index is 4.38. The van der Waals surface area contributed by atoms with Gasteiger partial charge in [-0.2, -0.15) is 0 Å². The van der Waals surface area contributed by atoms with Crippen molar-refractivity contribution in [2.45, 2.75) is 0 Å². The number of nitrogens with zero attached hydrogens (tertiary/aromatic N) is 1. The SMILES string of the molecule is [Ir].[c-]1cccc2[se]c3cccnc3c12. The van der Waals surface area contributed by atoms with Crippen LogP contribution in [0.25, 0.3) is 19.4 Å². The molecule has 0 aliphatic heterocycles. The molecule has 0 atom stereocenters. The van der Waals surface area contributed by atoms with Gasteiger partial charge in [-0.3, -0.25) is 0 Å². The second kappa shape index (κ2) is 3.96. The predicted molar refractivity (Wildman–Crippen MR) is 55.0 cm³/mol. The van der Waals surface area contributed by atoms with Gasteiger partial charge >= 0.3 is 81.5 Å².